The number of nitrogens with zero attached hydrogens (tertiary/aromatic N) is 3. The molecule has 0 saturated heterocycles. The zero-order valence-corrected chi connectivity index (χ0v) is 14.1. The SMILES string of the molecule is Cc1cccc(Nc2nnc(-c3cccc(Oc4ccncc4)c3)o2)c1. The van der Waals surface area contributed by atoms with Gasteiger partial charge in [0.15, 0.2) is 0 Å². The van der Waals surface area contributed by atoms with Crippen molar-refractivity contribution in [3.63, 3.8) is 0 Å². The van der Waals surface area contributed by atoms with Gasteiger partial charge in [-0.3, -0.25) is 4.98 Å². The number of pyridine rings is 1. The molecule has 0 aliphatic rings. The van der Waals surface area contributed by atoms with E-state index in [1.165, 1.54) is 0 Å². The summed E-state index contributed by atoms with van der Waals surface area (Å²) < 4.78 is 11.5. The molecule has 2 aromatic carbocycles. The molecule has 128 valence electrons. The molecule has 1 N–H and O–H groups in total. The van der Waals surface area contributed by atoms with E-state index < -0.39 is 0 Å². The highest BCUT2D eigenvalue weighted by molar-refractivity contribution is 5.58. The molecule has 2 aromatic heterocycles. The van der Waals surface area contributed by atoms with Gasteiger partial charge in [0.05, 0.1) is 0 Å². The summed E-state index contributed by atoms with van der Waals surface area (Å²) in [7, 11) is 0. The average Bonchev–Trinajstić information content (AvgIpc) is 3.11. The molecule has 0 unspecified atom stereocenters. The molecule has 0 atom stereocenters. The summed E-state index contributed by atoms with van der Waals surface area (Å²) in [5, 5.41) is 11.3. The first-order valence-electron chi connectivity index (χ1n) is 8.12. The Morgan fingerprint density at radius 1 is 0.885 bits per heavy atom. The zero-order valence-electron chi connectivity index (χ0n) is 14.1. The van der Waals surface area contributed by atoms with Gasteiger partial charge in [-0.1, -0.05) is 23.3 Å². The van der Waals surface area contributed by atoms with Gasteiger partial charge in [0, 0.05) is 23.6 Å². The maximum absolute atomic E-state index is 5.81. The molecule has 0 fully saturated rings. The number of benzene rings is 2. The predicted molar refractivity (Wildman–Crippen MR) is 98.5 cm³/mol. The van der Waals surface area contributed by atoms with Gasteiger partial charge in [-0.25, -0.2) is 0 Å². The first-order chi connectivity index (χ1) is 12.8. The van der Waals surface area contributed by atoms with E-state index in [1.807, 2.05) is 55.5 Å². The van der Waals surface area contributed by atoms with E-state index in [4.69, 9.17) is 9.15 Å². The molecule has 4 rings (SSSR count). The van der Waals surface area contributed by atoms with Crippen molar-refractivity contribution in [3.8, 4) is 23.0 Å². The van der Waals surface area contributed by atoms with Crippen molar-refractivity contribution < 1.29 is 9.15 Å². The Balaban J connectivity index is 1.53. The normalized spacial score (nSPS) is 10.5. The number of aryl methyl sites for hydroxylation is 1. The number of rotatable bonds is 5. The minimum absolute atomic E-state index is 0.339. The third-order valence-electron chi connectivity index (χ3n) is 3.66. The lowest BCUT2D eigenvalue weighted by atomic mass is 10.2. The highest BCUT2D eigenvalue weighted by Gasteiger charge is 2.10. The van der Waals surface area contributed by atoms with E-state index in [9.17, 15) is 0 Å². The number of ether oxygens (including phenoxy) is 1. The number of hydrogen-bond donors (Lipinski definition) is 1. The minimum atomic E-state index is 0.339. The molecule has 0 amide bonds. The molecule has 0 radical (unpaired) electrons. The van der Waals surface area contributed by atoms with Gasteiger partial charge in [0.25, 0.3) is 0 Å². The molecular formula is C20H16N4O2. The van der Waals surface area contributed by atoms with Crippen LogP contribution in [0.3, 0.4) is 0 Å². The highest BCUT2D eigenvalue weighted by atomic mass is 16.5. The lowest BCUT2D eigenvalue weighted by molar-refractivity contribution is 0.481. The van der Waals surface area contributed by atoms with Gasteiger partial charge in [-0.2, -0.15) is 0 Å². The summed E-state index contributed by atoms with van der Waals surface area (Å²) in [6.07, 6.45) is 3.36. The van der Waals surface area contributed by atoms with Gasteiger partial charge in [-0.15, -0.1) is 5.10 Å². The second-order valence-corrected chi connectivity index (χ2v) is 5.72. The average molecular weight is 344 g/mol. The molecule has 6 nitrogen and oxygen atoms in total. The van der Waals surface area contributed by atoms with Gasteiger partial charge in [0.2, 0.25) is 5.89 Å². The fourth-order valence-electron chi connectivity index (χ4n) is 2.47. The van der Waals surface area contributed by atoms with Crippen molar-refractivity contribution in [2.75, 3.05) is 5.32 Å². The highest BCUT2D eigenvalue weighted by Crippen LogP contribution is 2.27. The summed E-state index contributed by atoms with van der Waals surface area (Å²) in [4.78, 5) is 3.97. The Hall–Kier alpha value is -3.67. The number of aromatic nitrogens is 3. The fourth-order valence-corrected chi connectivity index (χ4v) is 2.47. The smallest absolute Gasteiger partial charge is 0.320 e. The molecule has 2 heterocycles. The van der Waals surface area contributed by atoms with Crippen LogP contribution in [0.2, 0.25) is 0 Å². The molecule has 0 bridgehead atoms. The van der Waals surface area contributed by atoms with Crippen molar-refractivity contribution in [2.45, 2.75) is 6.92 Å². The third-order valence-corrected chi connectivity index (χ3v) is 3.66. The van der Waals surface area contributed by atoms with Crippen molar-refractivity contribution in [1.82, 2.24) is 15.2 Å². The topological polar surface area (TPSA) is 73.1 Å². The standard InChI is InChI=1S/C20H16N4O2/c1-14-4-2-6-16(12-14)22-20-24-23-19(26-20)15-5-3-7-18(13-15)25-17-8-10-21-11-9-17/h2-13H,1H3,(H,22,24). The lowest BCUT2D eigenvalue weighted by Crippen LogP contribution is -1.90. The number of anilines is 2. The van der Waals surface area contributed by atoms with E-state index in [2.05, 4.69) is 20.5 Å². The van der Waals surface area contributed by atoms with Crippen molar-refractivity contribution in [1.29, 1.82) is 0 Å². The first kappa shape index (κ1) is 15.8. The Morgan fingerprint density at radius 2 is 1.73 bits per heavy atom. The van der Waals surface area contributed by atoms with Crippen LogP contribution in [-0.2, 0) is 0 Å². The maximum atomic E-state index is 5.81. The Labute approximate surface area is 150 Å². The Morgan fingerprint density at radius 3 is 2.58 bits per heavy atom. The predicted octanol–water partition coefficient (Wildman–Crippen LogP) is 4.98. The summed E-state index contributed by atoms with van der Waals surface area (Å²) in [5.74, 6) is 1.81. The van der Waals surface area contributed by atoms with Crippen LogP contribution >= 0.6 is 0 Å². The zero-order chi connectivity index (χ0) is 17.8. The second kappa shape index (κ2) is 7.06. The molecule has 0 aliphatic carbocycles. The van der Waals surface area contributed by atoms with Crippen LogP contribution in [0.4, 0.5) is 11.7 Å². The number of hydrogen-bond acceptors (Lipinski definition) is 6. The Bertz CT molecular complexity index is 1020. The largest absolute Gasteiger partial charge is 0.457 e. The van der Waals surface area contributed by atoms with E-state index in [-0.39, 0.29) is 0 Å². The van der Waals surface area contributed by atoms with Gasteiger partial charge in [-0.05, 0) is 55.0 Å². The van der Waals surface area contributed by atoms with Crippen LogP contribution in [0.15, 0.2) is 77.5 Å². The summed E-state index contributed by atoms with van der Waals surface area (Å²) in [6, 6.07) is 19.4. The van der Waals surface area contributed by atoms with Crippen molar-refractivity contribution >= 4 is 11.7 Å². The van der Waals surface area contributed by atoms with Gasteiger partial charge >= 0.3 is 6.01 Å². The first-order valence-corrected chi connectivity index (χ1v) is 8.12. The van der Waals surface area contributed by atoms with Crippen LogP contribution in [-0.4, -0.2) is 15.2 Å². The second-order valence-electron chi connectivity index (χ2n) is 5.72. The summed E-state index contributed by atoms with van der Waals surface area (Å²) in [5.41, 5.74) is 2.83. The molecular weight excluding hydrogens is 328 g/mol. The molecule has 0 aliphatic heterocycles. The number of nitrogens with one attached hydrogen (secondary N) is 1. The van der Waals surface area contributed by atoms with Crippen LogP contribution in [0.1, 0.15) is 5.56 Å². The van der Waals surface area contributed by atoms with Crippen molar-refractivity contribution in [3.05, 3.63) is 78.6 Å². The van der Waals surface area contributed by atoms with Gasteiger partial charge in [0.1, 0.15) is 11.5 Å². The quantitative estimate of drug-likeness (QED) is 0.551. The molecule has 0 spiro atoms. The summed E-state index contributed by atoms with van der Waals surface area (Å²) in [6.45, 7) is 2.03. The van der Waals surface area contributed by atoms with Crippen LogP contribution in [0, 0.1) is 6.92 Å². The van der Waals surface area contributed by atoms with E-state index in [0.717, 1.165) is 16.8 Å². The third kappa shape index (κ3) is 3.70. The molecule has 0 saturated carbocycles. The van der Waals surface area contributed by atoms with Crippen LogP contribution < -0.4 is 10.1 Å². The van der Waals surface area contributed by atoms with E-state index >= 15 is 0 Å². The Kier molecular flexibility index (Phi) is 4.30. The van der Waals surface area contributed by atoms with E-state index in [1.54, 1.807) is 24.5 Å². The van der Waals surface area contributed by atoms with Crippen molar-refractivity contribution in [2.24, 2.45) is 0 Å². The maximum Gasteiger partial charge on any atom is 0.320 e. The lowest BCUT2D eigenvalue weighted by Gasteiger charge is -2.05. The fraction of sp³-hybridized carbons (Fsp3) is 0.0500. The molecule has 26 heavy (non-hydrogen) atoms. The van der Waals surface area contributed by atoms with Gasteiger partial charge < -0.3 is 14.5 Å². The van der Waals surface area contributed by atoms with Crippen LogP contribution in [0.25, 0.3) is 11.5 Å². The minimum Gasteiger partial charge on any atom is -0.457 e. The van der Waals surface area contributed by atoms with Crippen LogP contribution in [0.5, 0.6) is 11.5 Å². The molecule has 4 aromatic rings. The monoisotopic (exact) mass is 344 g/mol. The van der Waals surface area contributed by atoms with E-state index in [0.29, 0.717) is 23.4 Å². The molecule has 6 heteroatoms. The summed E-state index contributed by atoms with van der Waals surface area (Å²) >= 11 is 0.